The molecule has 0 N–H and O–H groups in total. The highest BCUT2D eigenvalue weighted by atomic mass is 16.5. The molecule has 1 aliphatic heterocycles. The number of benzene rings is 1. The lowest BCUT2D eigenvalue weighted by Gasteiger charge is -2.42. The van der Waals surface area contributed by atoms with E-state index in [1.54, 1.807) is 0 Å². The number of carbonyl (C=O) groups is 1. The molecule has 2 fully saturated rings. The van der Waals surface area contributed by atoms with Gasteiger partial charge in [0.15, 0.2) is 0 Å². The second-order valence-electron chi connectivity index (χ2n) is 5.67. The first kappa shape index (κ1) is 12.7. The largest absolute Gasteiger partial charge is 0.368 e. The average Bonchev–Trinajstić information content (AvgIpc) is 3.20. The number of nitrogens with zero attached hydrogens (tertiary/aromatic N) is 1. The van der Waals surface area contributed by atoms with Crippen LogP contribution in [0.3, 0.4) is 0 Å². The molecule has 1 aromatic carbocycles. The van der Waals surface area contributed by atoms with Crippen molar-refractivity contribution >= 4 is 5.91 Å². The molecular weight excluding hydrogens is 238 g/mol. The van der Waals surface area contributed by atoms with Crippen molar-refractivity contribution in [1.29, 1.82) is 0 Å². The minimum atomic E-state index is -0.299. The molecular formula is C16H21NO2. The molecule has 0 spiro atoms. The molecule has 2 aliphatic rings. The predicted molar refractivity (Wildman–Crippen MR) is 73.7 cm³/mol. The fourth-order valence-electron chi connectivity index (χ4n) is 2.54. The van der Waals surface area contributed by atoms with Crippen molar-refractivity contribution < 1.29 is 9.53 Å². The van der Waals surface area contributed by atoms with E-state index in [4.69, 9.17) is 4.74 Å². The molecule has 3 rings (SSSR count). The van der Waals surface area contributed by atoms with E-state index in [0.29, 0.717) is 5.92 Å². The Hall–Kier alpha value is -1.35. The monoisotopic (exact) mass is 259 g/mol. The molecule has 3 nitrogen and oxygen atoms in total. The summed E-state index contributed by atoms with van der Waals surface area (Å²) < 4.78 is 5.68. The first-order valence-electron chi connectivity index (χ1n) is 7.22. The van der Waals surface area contributed by atoms with Gasteiger partial charge in [-0.05, 0) is 37.7 Å². The number of rotatable bonds is 5. The second-order valence-corrected chi connectivity index (χ2v) is 5.67. The van der Waals surface area contributed by atoms with Gasteiger partial charge in [0.25, 0.3) is 5.91 Å². The number of hydrogen-bond donors (Lipinski definition) is 0. The molecule has 0 unspecified atom stereocenters. The van der Waals surface area contributed by atoms with Gasteiger partial charge < -0.3 is 9.64 Å². The lowest BCUT2D eigenvalue weighted by Crippen LogP contribution is -2.49. The Kier molecular flexibility index (Phi) is 3.56. The molecule has 1 saturated carbocycles. The Morgan fingerprint density at radius 2 is 2.05 bits per heavy atom. The Morgan fingerprint density at radius 3 is 2.63 bits per heavy atom. The molecule has 1 saturated heterocycles. The van der Waals surface area contributed by atoms with Gasteiger partial charge in [0.05, 0.1) is 12.6 Å². The summed E-state index contributed by atoms with van der Waals surface area (Å²) in [5.41, 5.74) is 1.23. The van der Waals surface area contributed by atoms with E-state index in [1.165, 1.54) is 18.4 Å². The molecule has 3 heteroatoms. The highest BCUT2D eigenvalue weighted by Crippen LogP contribution is 2.34. The maximum Gasteiger partial charge on any atom is 0.251 e. The first-order chi connectivity index (χ1) is 9.25. The molecule has 19 heavy (non-hydrogen) atoms. The molecule has 2 atom stereocenters. The lowest BCUT2D eigenvalue weighted by atomic mass is 9.94. The van der Waals surface area contributed by atoms with Crippen LogP contribution in [0.2, 0.25) is 0 Å². The molecule has 1 heterocycles. The predicted octanol–water partition coefficient (Wildman–Crippen LogP) is 2.78. The minimum absolute atomic E-state index is 0.140. The Labute approximate surface area is 114 Å². The van der Waals surface area contributed by atoms with Gasteiger partial charge in [-0.15, -0.1) is 0 Å². The smallest absolute Gasteiger partial charge is 0.251 e. The number of carbonyl (C=O) groups excluding carboxylic acids is 1. The minimum Gasteiger partial charge on any atom is -0.368 e. The number of ether oxygens (including phenoxy) is 1. The van der Waals surface area contributed by atoms with Crippen molar-refractivity contribution in [3.8, 4) is 0 Å². The zero-order valence-electron chi connectivity index (χ0n) is 11.4. The van der Waals surface area contributed by atoms with Crippen LogP contribution in [-0.2, 0) is 9.53 Å². The van der Waals surface area contributed by atoms with Gasteiger partial charge in [0.1, 0.15) is 6.10 Å². The molecule has 102 valence electrons. The maximum absolute atomic E-state index is 12.3. The van der Waals surface area contributed by atoms with E-state index in [9.17, 15) is 4.79 Å². The molecule has 1 aliphatic carbocycles. The first-order valence-corrected chi connectivity index (χ1v) is 7.22. The maximum atomic E-state index is 12.3. The summed E-state index contributed by atoms with van der Waals surface area (Å²) >= 11 is 0. The van der Waals surface area contributed by atoms with Gasteiger partial charge in [0.2, 0.25) is 0 Å². The van der Waals surface area contributed by atoms with Gasteiger partial charge in [-0.25, -0.2) is 0 Å². The molecule has 0 bridgehead atoms. The van der Waals surface area contributed by atoms with Crippen LogP contribution in [-0.4, -0.2) is 30.1 Å². The van der Waals surface area contributed by atoms with Crippen LogP contribution in [0.15, 0.2) is 30.3 Å². The van der Waals surface area contributed by atoms with Crippen LogP contribution in [0, 0.1) is 5.92 Å². The summed E-state index contributed by atoms with van der Waals surface area (Å²) in [6.07, 6.45) is 3.28. The summed E-state index contributed by atoms with van der Waals surface area (Å²) in [6.45, 7) is 3.48. The Balaban J connectivity index is 1.57. The highest BCUT2D eigenvalue weighted by Gasteiger charge is 2.36. The van der Waals surface area contributed by atoms with Crippen molar-refractivity contribution in [3.05, 3.63) is 35.9 Å². The lowest BCUT2D eigenvalue weighted by molar-refractivity contribution is -0.151. The SMILES string of the molecule is C[C@@H](OCC1CC1)C(=O)N1CC[C@H]1c1ccccc1. The van der Waals surface area contributed by atoms with Crippen LogP contribution in [0.4, 0.5) is 0 Å². The quantitative estimate of drug-likeness (QED) is 0.813. The van der Waals surface area contributed by atoms with Crippen molar-refractivity contribution in [3.63, 3.8) is 0 Å². The number of likely N-dealkylation sites (tertiary alicyclic amines) is 1. The van der Waals surface area contributed by atoms with E-state index in [2.05, 4.69) is 12.1 Å². The van der Waals surface area contributed by atoms with E-state index in [0.717, 1.165) is 19.6 Å². The fourth-order valence-corrected chi connectivity index (χ4v) is 2.54. The molecule has 1 aromatic rings. The van der Waals surface area contributed by atoms with E-state index < -0.39 is 0 Å². The second kappa shape index (κ2) is 5.33. The highest BCUT2D eigenvalue weighted by molar-refractivity contribution is 5.81. The van der Waals surface area contributed by atoms with Crippen LogP contribution in [0.5, 0.6) is 0 Å². The summed E-state index contributed by atoms with van der Waals surface area (Å²) in [6, 6.07) is 10.5. The van der Waals surface area contributed by atoms with Crippen LogP contribution in [0.25, 0.3) is 0 Å². The third-order valence-electron chi connectivity index (χ3n) is 4.11. The molecule has 0 aromatic heterocycles. The van der Waals surface area contributed by atoms with Gasteiger partial charge in [-0.1, -0.05) is 30.3 Å². The van der Waals surface area contributed by atoms with Crippen molar-refractivity contribution in [2.24, 2.45) is 5.92 Å². The Morgan fingerprint density at radius 1 is 1.32 bits per heavy atom. The zero-order chi connectivity index (χ0) is 13.2. The topological polar surface area (TPSA) is 29.5 Å². The van der Waals surface area contributed by atoms with Gasteiger partial charge in [-0.2, -0.15) is 0 Å². The summed E-state index contributed by atoms with van der Waals surface area (Å²) in [5.74, 6) is 0.845. The average molecular weight is 259 g/mol. The van der Waals surface area contributed by atoms with E-state index >= 15 is 0 Å². The van der Waals surface area contributed by atoms with Crippen molar-refractivity contribution in [1.82, 2.24) is 4.90 Å². The molecule has 1 amide bonds. The van der Waals surface area contributed by atoms with Crippen molar-refractivity contribution in [2.45, 2.75) is 38.3 Å². The van der Waals surface area contributed by atoms with E-state index in [1.807, 2.05) is 30.0 Å². The van der Waals surface area contributed by atoms with Gasteiger partial charge in [-0.3, -0.25) is 4.79 Å². The molecule has 0 radical (unpaired) electrons. The third kappa shape index (κ3) is 2.81. The van der Waals surface area contributed by atoms with Gasteiger partial charge >= 0.3 is 0 Å². The third-order valence-corrected chi connectivity index (χ3v) is 4.11. The zero-order valence-corrected chi connectivity index (χ0v) is 11.4. The normalized spacial score (nSPS) is 23.8. The van der Waals surface area contributed by atoms with Crippen molar-refractivity contribution in [2.75, 3.05) is 13.2 Å². The summed E-state index contributed by atoms with van der Waals surface area (Å²) in [4.78, 5) is 14.3. The number of amides is 1. The van der Waals surface area contributed by atoms with E-state index in [-0.39, 0.29) is 18.1 Å². The van der Waals surface area contributed by atoms with Gasteiger partial charge in [0, 0.05) is 6.54 Å². The standard InChI is InChI=1S/C16H21NO2/c1-12(19-11-13-7-8-13)16(18)17-10-9-15(17)14-5-3-2-4-6-14/h2-6,12-13,15H,7-11H2,1H3/t12-,15+/m1/s1. The van der Waals surface area contributed by atoms with Crippen LogP contribution >= 0.6 is 0 Å². The fraction of sp³-hybridized carbons (Fsp3) is 0.562. The Bertz CT molecular complexity index is 441. The summed E-state index contributed by atoms with van der Waals surface area (Å²) in [5, 5.41) is 0. The van der Waals surface area contributed by atoms with Crippen LogP contribution < -0.4 is 0 Å². The number of hydrogen-bond acceptors (Lipinski definition) is 2. The summed E-state index contributed by atoms with van der Waals surface area (Å²) in [7, 11) is 0. The van der Waals surface area contributed by atoms with Crippen LogP contribution in [0.1, 0.15) is 37.8 Å².